The van der Waals surface area contributed by atoms with Gasteiger partial charge in [-0.05, 0) is 51.1 Å². The van der Waals surface area contributed by atoms with Crippen LogP contribution in [0.2, 0.25) is 10.0 Å². The van der Waals surface area contributed by atoms with Gasteiger partial charge in [-0.25, -0.2) is 0 Å². The van der Waals surface area contributed by atoms with E-state index in [4.69, 9.17) is 23.2 Å². The number of carbonyl (C=O) groups is 2. The fourth-order valence-electron chi connectivity index (χ4n) is 3.03. The zero-order chi connectivity index (χ0) is 23.3. The molecule has 0 spiro atoms. The first-order valence-electron chi connectivity index (χ1n) is 9.96. The normalized spacial score (nSPS) is 11.8. The summed E-state index contributed by atoms with van der Waals surface area (Å²) in [6.07, 6.45) is 0. The van der Waals surface area contributed by atoms with Crippen molar-refractivity contribution in [3.63, 3.8) is 0 Å². The summed E-state index contributed by atoms with van der Waals surface area (Å²) < 4.78 is 1.88. The SMILES string of the molecule is CCn1c(SCC(=O)Nc2cc(Cl)cc(Cl)c2)nnc1[C@H](C)NC(=O)c1ccc(C)cc1. The van der Waals surface area contributed by atoms with Crippen LogP contribution in [0.3, 0.4) is 0 Å². The van der Waals surface area contributed by atoms with Crippen LogP contribution in [-0.4, -0.2) is 32.3 Å². The quantitative estimate of drug-likeness (QED) is 0.426. The second-order valence-electron chi connectivity index (χ2n) is 7.14. The van der Waals surface area contributed by atoms with E-state index in [0.29, 0.717) is 38.8 Å². The lowest BCUT2D eigenvalue weighted by Gasteiger charge is -2.15. The van der Waals surface area contributed by atoms with Crippen molar-refractivity contribution in [1.29, 1.82) is 0 Å². The van der Waals surface area contributed by atoms with E-state index in [2.05, 4.69) is 20.8 Å². The van der Waals surface area contributed by atoms with Crippen LogP contribution in [0, 0.1) is 6.92 Å². The van der Waals surface area contributed by atoms with Crippen LogP contribution in [0.25, 0.3) is 0 Å². The van der Waals surface area contributed by atoms with Crippen LogP contribution in [-0.2, 0) is 11.3 Å². The molecule has 0 unspecified atom stereocenters. The lowest BCUT2D eigenvalue weighted by atomic mass is 10.1. The van der Waals surface area contributed by atoms with Gasteiger partial charge >= 0.3 is 0 Å². The number of hydrogen-bond donors (Lipinski definition) is 2. The molecule has 1 heterocycles. The second kappa shape index (κ2) is 10.8. The van der Waals surface area contributed by atoms with E-state index >= 15 is 0 Å². The van der Waals surface area contributed by atoms with Crippen molar-refractivity contribution in [2.75, 3.05) is 11.1 Å². The summed E-state index contributed by atoms with van der Waals surface area (Å²) in [5.41, 5.74) is 2.19. The Morgan fingerprint density at radius 3 is 2.38 bits per heavy atom. The number of aryl methyl sites for hydroxylation is 1. The number of rotatable bonds is 8. The van der Waals surface area contributed by atoms with Gasteiger partial charge in [0.15, 0.2) is 11.0 Å². The highest BCUT2D eigenvalue weighted by Crippen LogP contribution is 2.24. The fourth-order valence-corrected chi connectivity index (χ4v) is 4.36. The Labute approximate surface area is 200 Å². The highest BCUT2D eigenvalue weighted by atomic mass is 35.5. The number of nitrogens with zero attached hydrogens (tertiary/aromatic N) is 3. The molecule has 168 valence electrons. The third-order valence-electron chi connectivity index (χ3n) is 4.59. The number of hydrogen-bond acceptors (Lipinski definition) is 5. The van der Waals surface area contributed by atoms with Crippen LogP contribution < -0.4 is 10.6 Å². The van der Waals surface area contributed by atoms with Crippen molar-refractivity contribution >= 4 is 52.5 Å². The molecule has 2 aromatic carbocycles. The molecule has 0 aliphatic rings. The number of thioether (sulfide) groups is 1. The molecule has 2 N–H and O–H groups in total. The number of carbonyl (C=O) groups excluding carboxylic acids is 2. The second-order valence-corrected chi connectivity index (χ2v) is 8.96. The van der Waals surface area contributed by atoms with E-state index in [1.54, 1.807) is 30.3 Å². The van der Waals surface area contributed by atoms with Crippen molar-refractivity contribution in [2.45, 2.75) is 38.5 Å². The zero-order valence-electron chi connectivity index (χ0n) is 17.9. The third-order valence-corrected chi connectivity index (χ3v) is 5.99. The molecule has 0 aliphatic carbocycles. The van der Waals surface area contributed by atoms with Crippen molar-refractivity contribution in [3.8, 4) is 0 Å². The topological polar surface area (TPSA) is 88.9 Å². The Morgan fingerprint density at radius 2 is 1.75 bits per heavy atom. The Balaban J connectivity index is 1.62. The van der Waals surface area contributed by atoms with Crippen molar-refractivity contribution in [1.82, 2.24) is 20.1 Å². The van der Waals surface area contributed by atoms with Crippen molar-refractivity contribution < 1.29 is 9.59 Å². The minimum absolute atomic E-state index is 0.131. The summed E-state index contributed by atoms with van der Waals surface area (Å²) in [6.45, 7) is 6.38. The number of anilines is 1. The summed E-state index contributed by atoms with van der Waals surface area (Å²) in [5.74, 6) is 0.350. The summed E-state index contributed by atoms with van der Waals surface area (Å²) >= 11 is 13.2. The van der Waals surface area contributed by atoms with Gasteiger partial charge in [-0.3, -0.25) is 9.59 Å². The molecule has 0 radical (unpaired) electrons. The van der Waals surface area contributed by atoms with Gasteiger partial charge < -0.3 is 15.2 Å². The molecule has 0 fully saturated rings. The molecule has 0 aliphatic heterocycles. The predicted octanol–water partition coefficient (Wildman–Crippen LogP) is 5.14. The van der Waals surface area contributed by atoms with E-state index in [1.807, 2.05) is 37.5 Å². The fraction of sp³-hybridized carbons (Fsp3) is 0.273. The molecule has 10 heteroatoms. The first-order valence-corrected chi connectivity index (χ1v) is 11.7. The number of amides is 2. The predicted molar refractivity (Wildman–Crippen MR) is 129 cm³/mol. The minimum atomic E-state index is -0.354. The maximum atomic E-state index is 12.5. The lowest BCUT2D eigenvalue weighted by Crippen LogP contribution is -2.28. The van der Waals surface area contributed by atoms with Gasteiger partial charge in [-0.2, -0.15) is 0 Å². The van der Waals surface area contributed by atoms with Crippen LogP contribution in [0.4, 0.5) is 5.69 Å². The Kier molecular flexibility index (Phi) is 8.17. The summed E-state index contributed by atoms with van der Waals surface area (Å²) in [5, 5.41) is 15.7. The molecule has 2 amide bonds. The molecule has 0 saturated carbocycles. The van der Waals surface area contributed by atoms with Crippen LogP contribution >= 0.6 is 35.0 Å². The van der Waals surface area contributed by atoms with E-state index < -0.39 is 0 Å². The molecule has 32 heavy (non-hydrogen) atoms. The van der Waals surface area contributed by atoms with Gasteiger partial charge in [-0.1, -0.05) is 52.7 Å². The van der Waals surface area contributed by atoms with Gasteiger partial charge in [0.05, 0.1) is 11.8 Å². The van der Waals surface area contributed by atoms with E-state index in [-0.39, 0.29) is 23.6 Å². The van der Waals surface area contributed by atoms with E-state index in [9.17, 15) is 9.59 Å². The maximum absolute atomic E-state index is 12.5. The summed E-state index contributed by atoms with van der Waals surface area (Å²) in [6, 6.07) is 11.9. The lowest BCUT2D eigenvalue weighted by molar-refractivity contribution is -0.113. The smallest absolute Gasteiger partial charge is 0.251 e. The molecule has 1 aromatic heterocycles. The Hall–Kier alpha value is -2.55. The minimum Gasteiger partial charge on any atom is -0.342 e. The largest absolute Gasteiger partial charge is 0.342 e. The van der Waals surface area contributed by atoms with Gasteiger partial charge in [0.1, 0.15) is 0 Å². The highest BCUT2D eigenvalue weighted by molar-refractivity contribution is 7.99. The van der Waals surface area contributed by atoms with Gasteiger partial charge in [-0.15, -0.1) is 10.2 Å². The summed E-state index contributed by atoms with van der Waals surface area (Å²) in [4.78, 5) is 24.9. The first-order chi connectivity index (χ1) is 15.3. The number of halogens is 2. The Bertz CT molecular complexity index is 1100. The maximum Gasteiger partial charge on any atom is 0.251 e. The van der Waals surface area contributed by atoms with Gasteiger partial charge in [0.25, 0.3) is 5.91 Å². The van der Waals surface area contributed by atoms with Gasteiger partial charge in [0.2, 0.25) is 5.91 Å². The van der Waals surface area contributed by atoms with Crippen molar-refractivity contribution in [2.24, 2.45) is 0 Å². The molecule has 0 saturated heterocycles. The molecule has 7 nitrogen and oxygen atoms in total. The van der Waals surface area contributed by atoms with Crippen LogP contribution in [0.1, 0.15) is 41.6 Å². The first kappa shape index (κ1) is 24.1. The average molecular weight is 492 g/mol. The van der Waals surface area contributed by atoms with Crippen LogP contribution in [0.5, 0.6) is 0 Å². The number of benzene rings is 2. The van der Waals surface area contributed by atoms with Crippen molar-refractivity contribution in [3.05, 3.63) is 69.5 Å². The number of nitrogens with one attached hydrogen (secondary N) is 2. The average Bonchev–Trinajstić information content (AvgIpc) is 3.15. The van der Waals surface area contributed by atoms with Crippen LogP contribution in [0.15, 0.2) is 47.6 Å². The standard InChI is InChI=1S/C22H23Cl2N5O2S/c1-4-29-20(14(3)25-21(31)15-7-5-13(2)6-8-15)27-28-22(29)32-12-19(30)26-18-10-16(23)9-17(24)11-18/h5-11,14H,4,12H2,1-3H3,(H,25,31)(H,26,30)/t14-/m0/s1. The number of aromatic nitrogens is 3. The molecular formula is C22H23Cl2N5O2S. The third kappa shape index (κ3) is 6.25. The van der Waals surface area contributed by atoms with Gasteiger partial charge in [0, 0.05) is 27.8 Å². The molecule has 3 rings (SSSR count). The van der Waals surface area contributed by atoms with E-state index in [1.165, 1.54) is 11.8 Å². The molecule has 1 atom stereocenters. The Morgan fingerprint density at radius 1 is 1.09 bits per heavy atom. The highest BCUT2D eigenvalue weighted by Gasteiger charge is 2.20. The van der Waals surface area contributed by atoms with E-state index in [0.717, 1.165) is 5.56 Å². The molecule has 0 bridgehead atoms. The zero-order valence-corrected chi connectivity index (χ0v) is 20.2. The molecule has 3 aromatic rings. The summed E-state index contributed by atoms with van der Waals surface area (Å²) in [7, 11) is 0. The monoisotopic (exact) mass is 491 g/mol. The molecular weight excluding hydrogens is 469 g/mol.